The van der Waals surface area contributed by atoms with Crippen LogP contribution in [0.3, 0.4) is 0 Å². The molecule has 2 heterocycles. The fourth-order valence-electron chi connectivity index (χ4n) is 4.41. The van der Waals surface area contributed by atoms with Gasteiger partial charge in [0.05, 0.1) is 23.8 Å². The van der Waals surface area contributed by atoms with Gasteiger partial charge in [0.1, 0.15) is 22.1 Å². The van der Waals surface area contributed by atoms with Gasteiger partial charge in [-0.25, -0.2) is 9.79 Å². The lowest BCUT2D eigenvalue weighted by Crippen LogP contribution is -2.12. The molecule has 3 aromatic carbocycles. The molecule has 1 aliphatic rings. The normalized spacial score (nSPS) is 15.3. The Bertz CT molecular complexity index is 1730. The van der Waals surface area contributed by atoms with Crippen molar-refractivity contribution in [2.75, 3.05) is 13.2 Å². The molecule has 1 N–H and O–H groups in total. The number of carbonyl (C=O) groups is 1. The van der Waals surface area contributed by atoms with E-state index >= 15 is 0 Å². The molecule has 41 heavy (non-hydrogen) atoms. The number of benzene rings is 3. The first-order valence-corrected chi connectivity index (χ1v) is 15.2. The summed E-state index contributed by atoms with van der Waals surface area (Å²) >= 11 is 17.4. The minimum atomic E-state index is -0.631. The maximum Gasteiger partial charge on any atom is 0.344 e. The summed E-state index contributed by atoms with van der Waals surface area (Å²) in [6.07, 6.45) is 3.85. The Labute approximate surface area is 260 Å². The Balaban J connectivity index is 1.57. The molecule has 1 aliphatic heterocycles. The Morgan fingerprint density at radius 3 is 2.56 bits per heavy atom. The maximum absolute atomic E-state index is 12.9. The second-order valence-electron chi connectivity index (χ2n) is 9.01. The molecule has 0 spiro atoms. The summed E-state index contributed by atoms with van der Waals surface area (Å²) in [5.41, 5.74) is 3.40. The minimum absolute atomic E-state index is 0.0369. The molecule has 5 rings (SSSR count). The van der Waals surface area contributed by atoms with E-state index in [2.05, 4.69) is 25.5 Å². The third-order valence-electron chi connectivity index (χ3n) is 6.26. The molecule has 0 saturated heterocycles. The number of halogens is 3. The largest absolute Gasteiger partial charge is 0.506 e. The van der Waals surface area contributed by atoms with Crippen molar-refractivity contribution in [1.29, 1.82) is 0 Å². The topological polar surface area (TPSA) is 73.0 Å². The number of aliphatic imine (C=N–C) groups is 1. The van der Waals surface area contributed by atoms with Crippen molar-refractivity contribution in [1.82, 2.24) is 4.57 Å². The molecule has 0 fully saturated rings. The highest BCUT2D eigenvalue weighted by Gasteiger charge is 2.33. The molecule has 6 nitrogen and oxygen atoms in total. The number of hydrogen-bond acceptors (Lipinski definition) is 6. The first kappa shape index (κ1) is 29.3. The number of ether oxygens (including phenoxy) is 2. The van der Waals surface area contributed by atoms with E-state index < -0.39 is 5.97 Å². The van der Waals surface area contributed by atoms with Crippen LogP contribution in [0.2, 0.25) is 10.0 Å². The zero-order valence-electron chi connectivity index (χ0n) is 22.2. The zero-order valence-corrected chi connectivity index (χ0v) is 26.1. The van der Waals surface area contributed by atoms with Crippen molar-refractivity contribution in [2.45, 2.75) is 20.4 Å². The first-order chi connectivity index (χ1) is 19.8. The number of carbonyl (C=O) groups excluding carboxylic acids is 1. The number of aromatic nitrogens is 1. The third-order valence-corrected chi connectivity index (χ3v) is 8.37. The van der Waals surface area contributed by atoms with E-state index in [1.165, 1.54) is 11.8 Å². The van der Waals surface area contributed by atoms with Crippen molar-refractivity contribution in [2.24, 2.45) is 4.99 Å². The van der Waals surface area contributed by atoms with E-state index in [-0.39, 0.29) is 17.9 Å². The van der Waals surface area contributed by atoms with Crippen molar-refractivity contribution in [3.63, 3.8) is 0 Å². The van der Waals surface area contributed by atoms with Crippen LogP contribution < -0.4 is 4.74 Å². The van der Waals surface area contributed by atoms with Crippen LogP contribution in [0, 0.1) is 0 Å². The van der Waals surface area contributed by atoms with E-state index in [1.807, 2.05) is 61.7 Å². The van der Waals surface area contributed by atoms with Crippen molar-refractivity contribution >= 4 is 84.6 Å². The van der Waals surface area contributed by atoms with Gasteiger partial charge in [0.2, 0.25) is 0 Å². The van der Waals surface area contributed by atoms with Crippen LogP contribution in [-0.4, -0.2) is 33.9 Å². The van der Waals surface area contributed by atoms with Crippen molar-refractivity contribution < 1.29 is 19.4 Å². The van der Waals surface area contributed by atoms with Crippen LogP contribution in [0.4, 0.5) is 5.69 Å². The Morgan fingerprint density at radius 1 is 1.07 bits per heavy atom. The van der Waals surface area contributed by atoms with E-state index in [0.29, 0.717) is 38.8 Å². The van der Waals surface area contributed by atoms with Crippen LogP contribution in [0.5, 0.6) is 5.75 Å². The lowest BCUT2D eigenvalue weighted by Gasteiger charge is -2.08. The highest BCUT2D eigenvalue weighted by atomic mass is 79.9. The van der Waals surface area contributed by atoms with E-state index in [9.17, 15) is 9.90 Å². The predicted octanol–water partition coefficient (Wildman–Crippen LogP) is 9.35. The first-order valence-electron chi connectivity index (χ1n) is 12.8. The molecule has 0 bridgehead atoms. The third kappa shape index (κ3) is 6.51. The molecule has 0 unspecified atom stereocenters. The van der Waals surface area contributed by atoms with Gasteiger partial charge in [0.15, 0.2) is 0 Å². The SMILES string of the molecule is CCOC(=O)C1=C(O)/C(=C/c2cn(Cc3ccc(Cl)cc3Cl)c3ccc(Br)cc23)SC1=Nc1ccc(OCC)cc1. The monoisotopic (exact) mass is 670 g/mol. The Hall–Kier alpha value is -3.17. The predicted molar refractivity (Wildman–Crippen MR) is 172 cm³/mol. The van der Waals surface area contributed by atoms with Gasteiger partial charge >= 0.3 is 5.97 Å². The van der Waals surface area contributed by atoms with Gasteiger partial charge < -0.3 is 19.1 Å². The van der Waals surface area contributed by atoms with E-state index in [4.69, 9.17) is 32.7 Å². The summed E-state index contributed by atoms with van der Waals surface area (Å²) in [4.78, 5) is 18.1. The van der Waals surface area contributed by atoms with E-state index in [0.717, 1.165) is 32.3 Å². The molecular formula is C31H25BrCl2N2O4S. The Kier molecular flexibility index (Phi) is 9.14. The molecule has 0 amide bonds. The highest BCUT2D eigenvalue weighted by Crippen LogP contribution is 2.41. The van der Waals surface area contributed by atoms with Gasteiger partial charge in [0.25, 0.3) is 0 Å². The number of rotatable bonds is 8. The molecular weight excluding hydrogens is 647 g/mol. The lowest BCUT2D eigenvalue weighted by molar-refractivity contribution is -0.138. The number of aliphatic hydroxyl groups excluding tert-OH is 1. The fraction of sp³-hybridized carbons (Fsp3) is 0.161. The van der Waals surface area contributed by atoms with Gasteiger partial charge in [-0.15, -0.1) is 0 Å². The summed E-state index contributed by atoms with van der Waals surface area (Å²) in [5.74, 6) is -0.0783. The van der Waals surface area contributed by atoms with Crippen LogP contribution in [0.1, 0.15) is 25.0 Å². The summed E-state index contributed by atoms with van der Waals surface area (Å²) in [6, 6.07) is 18.7. The average Bonchev–Trinajstić information content (AvgIpc) is 3.43. The maximum atomic E-state index is 12.9. The number of thioether (sulfide) groups is 1. The number of fused-ring (bicyclic) bond motifs is 1. The van der Waals surface area contributed by atoms with E-state index in [1.54, 1.807) is 25.1 Å². The average molecular weight is 672 g/mol. The number of aliphatic hydroxyl groups is 1. The molecule has 0 radical (unpaired) electrons. The smallest absolute Gasteiger partial charge is 0.344 e. The van der Waals surface area contributed by atoms with Crippen molar-refractivity contribution in [3.8, 4) is 5.75 Å². The second-order valence-corrected chi connectivity index (χ2v) is 11.8. The van der Waals surface area contributed by atoms with Crippen LogP contribution in [0.25, 0.3) is 17.0 Å². The number of nitrogens with zero attached hydrogens (tertiary/aromatic N) is 2. The van der Waals surface area contributed by atoms with Gasteiger partial charge in [-0.05, 0) is 80.1 Å². The van der Waals surface area contributed by atoms with Gasteiger partial charge in [-0.2, -0.15) is 0 Å². The summed E-state index contributed by atoms with van der Waals surface area (Å²) in [6.45, 7) is 4.88. The molecule has 0 saturated carbocycles. The molecule has 210 valence electrons. The molecule has 1 aromatic heterocycles. The second kappa shape index (κ2) is 12.8. The fourth-order valence-corrected chi connectivity index (χ4v) is 6.27. The molecule has 4 aromatic rings. The Morgan fingerprint density at radius 2 is 1.85 bits per heavy atom. The summed E-state index contributed by atoms with van der Waals surface area (Å²) in [7, 11) is 0. The number of esters is 1. The summed E-state index contributed by atoms with van der Waals surface area (Å²) in [5, 5.41) is 13.7. The van der Waals surface area contributed by atoms with Crippen LogP contribution in [-0.2, 0) is 16.1 Å². The molecule has 10 heteroatoms. The van der Waals surface area contributed by atoms with Gasteiger partial charge in [-0.1, -0.05) is 57.0 Å². The molecule has 0 atom stereocenters. The lowest BCUT2D eigenvalue weighted by atomic mass is 10.1. The van der Waals surface area contributed by atoms with Gasteiger partial charge in [0, 0.05) is 43.7 Å². The summed E-state index contributed by atoms with van der Waals surface area (Å²) < 4.78 is 13.8. The standard InChI is InChI=1S/C31H25BrCl2N2O4S/c1-3-39-23-10-8-22(9-11-23)35-30-28(31(38)40-4-2)29(37)27(41-30)13-19-17-36(26-12-6-20(32)14-24(19)26)16-18-5-7-21(33)15-25(18)34/h5-15,17,37H,3-4,16H2,1-2H3/b27-13-,35-30?. The van der Waals surface area contributed by atoms with Crippen LogP contribution >= 0.6 is 50.9 Å². The van der Waals surface area contributed by atoms with Gasteiger partial charge in [-0.3, -0.25) is 0 Å². The molecule has 0 aliphatic carbocycles. The quantitative estimate of drug-likeness (QED) is 0.189. The van der Waals surface area contributed by atoms with Crippen LogP contribution in [0.15, 0.2) is 92.6 Å². The highest BCUT2D eigenvalue weighted by molar-refractivity contribution is 9.10. The zero-order chi connectivity index (χ0) is 29.1. The minimum Gasteiger partial charge on any atom is -0.506 e. The number of hydrogen-bond donors (Lipinski definition) is 1. The van der Waals surface area contributed by atoms with Crippen molar-refractivity contribution in [3.05, 3.63) is 109 Å².